The van der Waals surface area contributed by atoms with E-state index >= 15 is 0 Å². The first-order valence-electron chi connectivity index (χ1n) is 10.8. The van der Waals surface area contributed by atoms with E-state index in [4.69, 9.17) is 5.11 Å². The van der Waals surface area contributed by atoms with Crippen molar-refractivity contribution in [1.82, 2.24) is 3.97 Å². The number of nitrogens with zero attached hydrogens (tertiary/aromatic N) is 1. The lowest BCUT2D eigenvalue weighted by atomic mass is 10.0. The number of carboxylic acids is 1. The number of carbonyl (C=O) groups is 1. The van der Waals surface area contributed by atoms with Gasteiger partial charge in [0.05, 0.1) is 21.5 Å². The Balaban J connectivity index is 1.91. The van der Waals surface area contributed by atoms with Crippen molar-refractivity contribution in [3.8, 4) is 0 Å². The molecule has 3 aromatic carbocycles. The molecule has 0 amide bonds. The van der Waals surface area contributed by atoms with E-state index in [0.29, 0.717) is 5.56 Å². The van der Waals surface area contributed by atoms with Crippen LogP contribution in [0.5, 0.6) is 0 Å². The van der Waals surface area contributed by atoms with E-state index in [1.807, 2.05) is 19.9 Å². The van der Waals surface area contributed by atoms with Gasteiger partial charge in [-0.05, 0) is 65.6 Å². The van der Waals surface area contributed by atoms with Gasteiger partial charge >= 0.3 is 12.1 Å². The van der Waals surface area contributed by atoms with Crippen LogP contribution in [0.3, 0.4) is 0 Å². The van der Waals surface area contributed by atoms with Crippen LogP contribution in [0, 0.1) is 0 Å². The minimum absolute atomic E-state index is 0.0311. The number of rotatable bonds is 6. The van der Waals surface area contributed by atoms with Crippen LogP contribution in [0.4, 0.5) is 13.2 Å². The molecule has 0 aliphatic rings. The van der Waals surface area contributed by atoms with Crippen LogP contribution >= 0.6 is 0 Å². The Bertz CT molecular complexity index is 1520. The third-order valence-electron chi connectivity index (χ3n) is 5.81. The fraction of sp³-hybridized carbons (Fsp3) is 0.192. The predicted octanol–water partition coefficient (Wildman–Crippen LogP) is 6.31. The van der Waals surface area contributed by atoms with Gasteiger partial charge in [-0.3, -0.25) is 0 Å². The van der Waals surface area contributed by atoms with Gasteiger partial charge < -0.3 is 5.11 Å². The molecule has 0 aliphatic heterocycles. The molecule has 0 aliphatic carbocycles. The molecular formula is C26H22F3NO4S. The molecule has 0 unspecified atom stereocenters. The number of halogens is 3. The van der Waals surface area contributed by atoms with E-state index in [1.165, 1.54) is 30.3 Å². The van der Waals surface area contributed by atoms with Crippen LogP contribution in [0.15, 0.2) is 77.7 Å². The number of carboxylic acid groups (broad SMARTS) is 1. The van der Waals surface area contributed by atoms with Crippen LogP contribution in [0.2, 0.25) is 0 Å². The van der Waals surface area contributed by atoms with Gasteiger partial charge in [0.2, 0.25) is 0 Å². The molecular weight excluding hydrogens is 479 g/mol. The van der Waals surface area contributed by atoms with Gasteiger partial charge in [-0.1, -0.05) is 38.1 Å². The first-order valence-corrected chi connectivity index (χ1v) is 12.2. The lowest BCUT2D eigenvalue weighted by Crippen LogP contribution is -2.16. The molecule has 1 heterocycles. The van der Waals surface area contributed by atoms with E-state index in [0.717, 1.165) is 21.7 Å². The fourth-order valence-electron chi connectivity index (χ4n) is 3.94. The maximum absolute atomic E-state index is 13.8. The molecule has 182 valence electrons. The van der Waals surface area contributed by atoms with Crippen LogP contribution in [0.25, 0.3) is 10.9 Å². The molecule has 0 bridgehead atoms. The van der Waals surface area contributed by atoms with Crippen LogP contribution < -0.4 is 0 Å². The summed E-state index contributed by atoms with van der Waals surface area (Å²) in [5.41, 5.74) is 1.01. The van der Waals surface area contributed by atoms with E-state index < -0.39 is 27.7 Å². The molecule has 0 saturated heterocycles. The smallest absolute Gasteiger partial charge is 0.416 e. The zero-order valence-electron chi connectivity index (χ0n) is 18.9. The predicted molar refractivity (Wildman–Crippen MR) is 126 cm³/mol. The van der Waals surface area contributed by atoms with Gasteiger partial charge in [-0.15, -0.1) is 0 Å². The monoisotopic (exact) mass is 501 g/mol. The van der Waals surface area contributed by atoms with Gasteiger partial charge in [-0.2, -0.15) is 13.2 Å². The second kappa shape index (κ2) is 8.88. The van der Waals surface area contributed by atoms with Crippen molar-refractivity contribution in [1.29, 1.82) is 0 Å². The highest BCUT2D eigenvalue weighted by Crippen LogP contribution is 2.34. The molecule has 0 spiro atoms. The highest BCUT2D eigenvalue weighted by atomic mass is 32.2. The van der Waals surface area contributed by atoms with Gasteiger partial charge in [0.25, 0.3) is 10.0 Å². The summed E-state index contributed by atoms with van der Waals surface area (Å²) in [7, 11) is -4.16. The minimum Gasteiger partial charge on any atom is -0.478 e. The number of hydrogen-bond donors (Lipinski definition) is 1. The SMILES string of the molecule is CC(C)c1cccc(S(=O)(=O)n2c(Cc3ccc(C(=O)O)cc3)cc3cc(C(F)(F)F)ccc32)c1. The average molecular weight is 502 g/mol. The lowest BCUT2D eigenvalue weighted by molar-refractivity contribution is -0.137. The molecule has 0 radical (unpaired) electrons. The van der Waals surface area contributed by atoms with Gasteiger partial charge in [-0.25, -0.2) is 17.2 Å². The highest BCUT2D eigenvalue weighted by Gasteiger charge is 2.32. The molecule has 1 N–H and O–H groups in total. The number of aromatic carboxylic acids is 1. The van der Waals surface area contributed by atoms with Crippen molar-refractivity contribution in [2.24, 2.45) is 0 Å². The van der Waals surface area contributed by atoms with E-state index in [1.54, 1.807) is 24.3 Å². The maximum atomic E-state index is 13.8. The number of fused-ring (bicyclic) bond motifs is 1. The second-order valence-corrected chi connectivity index (χ2v) is 10.4. The number of benzene rings is 3. The molecule has 0 atom stereocenters. The molecule has 0 fully saturated rings. The van der Waals surface area contributed by atoms with Crippen molar-refractivity contribution < 1.29 is 31.5 Å². The number of alkyl halides is 3. The quantitative estimate of drug-likeness (QED) is 0.336. The lowest BCUT2D eigenvalue weighted by Gasteiger charge is -2.14. The molecule has 4 aromatic rings. The Labute approximate surface area is 200 Å². The average Bonchev–Trinajstić information content (AvgIpc) is 3.16. The van der Waals surface area contributed by atoms with Crippen molar-refractivity contribution in [3.05, 3.63) is 101 Å². The van der Waals surface area contributed by atoms with Crippen LogP contribution in [-0.2, 0) is 22.6 Å². The Morgan fingerprint density at radius 1 is 0.971 bits per heavy atom. The topological polar surface area (TPSA) is 76.4 Å². The summed E-state index contributed by atoms with van der Waals surface area (Å²) in [5, 5.41) is 9.25. The molecule has 5 nitrogen and oxygen atoms in total. The van der Waals surface area contributed by atoms with Crippen molar-refractivity contribution >= 4 is 26.9 Å². The van der Waals surface area contributed by atoms with Gasteiger partial charge in [0.1, 0.15) is 0 Å². The van der Waals surface area contributed by atoms with Crippen LogP contribution in [0.1, 0.15) is 52.5 Å². The number of hydrogen-bond acceptors (Lipinski definition) is 3. The minimum atomic E-state index is -4.58. The Morgan fingerprint density at radius 3 is 2.26 bits per heavy atom. The van der Waals surface area contributed by atoms with Crippen molar-refractivity contribution in [3.63, 3.8) is 0 Å². The third-order valence-corrected chi connectivity index (χ3v) is 7.57. The van der Waals surface area contributed by atoms with Crippen LogP contribution in [-0.4, -0.2) is 23.5 Å². The van der Waals surface area contributed by atoms with Gasteiger partial charge in [0.15, 0.2) is 0 Å². The van der Waals surface area contributed by atoms with E-state index in [2.05, 4.69) is 0 Å². The van der Waals surface area contributed by atoms with Gasteiger partial charge in [0, 0.05) is 17.5 Å². The molecule has 9 heteroatoms. The molecule has 4 rings (SSSR count). The first-order chi connectivity index (χ1) is 16.4. The Hall–Kier alpha value is -3.59. The van der Waals surface area contributed by atoms with Crippen molar-refractivity contribution in [2.75, 3.05) is 0 Å². The molecule has 1 aromatic heterocycles. The molecule has 35 heavy (non-hydrogen) atoms. The summed E-state index contributed by atoms with van der Waals surface area (Å²) in [4.78, 5) is 11.2. The molecule has 0 saturated carbocycles. The highest BCUT2D eigenvalue weighted by molar-refractivity contribution is 7.90. The summed E-state index contributed by atoms with van der Waals surface area (Å²) in [6.45, 7) is 3.86. The van der Waals surface area contributed by atoms with E-state index in [-0.39, 0.29) is 39.4 Å². The normalized spacial score (nSPS) is 12.4. The number of aromatic nitrogens is 1. The summed E-state index contributed by atoms with van der Waals surface area (Å²) in [5.74, 6) is -1.02. The largest absolute Gasteiger partial charge is 0.478 e. The summed E-state index contributed by atoms with van der Waals surface area (Å²) < 4.78 is 68.6. The Kier molecular flexibility index (Phi) is 6.23. The third kappa shape index (κ3) is 4.81. The fourth-order valence-corrected chi connectivity index (χ4v) is 5.54. The second-order valence-electron chi connectivity index (χ2n) is 8.58. The maximum Gasteiger partial charge on any atom is 0.416 e. The first kappa shape index (κ1) is 24.5. The standard InChI is InChI=1S/C26H22F3NO4S/c1-16(2)19-4-3-5-23(15-19)35(33,34)30-22(12-17-6-8-18(9-7-17)25(31)32)14-20-13-21(26(27,28)29)10-11-24(20)30/h3-11,13-16H,12H2,1-2H3,(H,31,32). The zero-order valence-corrected chi connectivity index (χ0v) is 19.7. The summed E-state index contributed by atoms with van der Waals surface area (Å²) in [6, 6.07) is 16.8. The van der Waals surface area contributed by atoms with E-state index in [9.17, 15) is 26.4 Å². The Morgan fingerprint density at radius 2 is 1.66 bits per heavy atom. The van der Waals surface area contributed by atoms with Crippen molar-refractivity contribution in [2.45, 2.75) is 37.3 Å². The summed E-state index contributed by atoms with van der Waals surface area (Å²) >= 11 is 0. The summed E-state index contributed by atoms with van der Waals surface area (Å²) in [6.07, 6.45) is -4.51. The zero-order chi connectivity index (χ0) is 25.5.